The van der Waals surface area contributed by atoms with Gasteiger partial charge in [-0.15, -0.1) is 0 Å². The summed E-state index contributed by atoms with van der Waals surface area (Å²) < 4.78 is 0. The quantitative estimate of drug-likeness (QED) is 0.799. The highest BCUT2D eigenvalue weighted by atomic mass is 16.1. The van der Waals surface area contributed by atoms with Gasteiger partial charge in [-0.05, 0) is 75.5 Å². The lowest BCUT2D eigenvalue weighted by Gasteiger charge is -2.42. The van der Waals surface area contributed by atoms with E-state index in [2.05, 4.69) is 63.4 Å². The van der Waals surface area contributed by atoms with Crippen LogP contribution in [0.3, 0.4) is 0 Å². The molecule has 1 unspecified atom stereocenters. The molecule has 0 saturated carbocycles. The number of aromatic nitrogens is 1. The monoisotopic (exact) mass is 406 g/mol. The number of rotatable bonds is 6. The molecule has 0 spiro atoms. The van der Waals surface area contributed by atoms with Gasteiger partial charge in [-0.2, -0.15) is 0 Å². The van der Waals surface area contributed by atoms with Crippen molar-refractivity contribution in [1.29, 1.82) is 0 Å². The third kappa shape index (κ3) is 5.67. The Morgan fingerprint density at radius 3 is 2.47 bits per heavy atom. The maximum atomic E-state index is 12.8. The van der Waals surface area contributed by atoms with E-state index >= 15 is 0 Å². The van der Waals surface area contributed by atoms with Crippen LogP contribution >= 0.6 is 0 Å². The number of hydrogen-bond acceptors (Lipinski definition) is 4. The van der Waals surface area contributed by atoms with E-state index < -0.39 is 0 Å². The van der Waals surface area contributed by atoms with Gasteiger partial charge in [0, 0.05) is 38.1 Å². The van der Waals surface area contributed by atoms with Crippen molar-refractivity contribution in [2.45, 2.75) is 51.7 Å². The van der Waals surface area contributed by atoms with Crippen molar-refractivity contribution in [1.82, 2.24) is 20.1 Å². The highest BCUT2D eigenvalue weighted by molar-refractivity contribution is 5.79. The van der Waals surface area contributed by atoms with Crippen molar-refractivity contribution < 1.29 is 4.79 Å². The summed E-state index contributed by atoms with van der Waals surface area (Å²) in [4.78, 5) is 22.0. The largest absolute Gasteiger partial charge is 0.352 e. The third-order valence-electron chi connectivity index (χ3n) is 6.64. The number of likely N-dealkylation sites (tertiary alicyclic amines) is 2. The van der Waals surface area contributed by atoms with Gasteiger partial charge in [0.2, 0.25) is 5.91 Å². The molecule has 2 aromatic rings. The van der Waals surface area contributed by atoms with Crippen LogP contribution in [0.1, 0.15) is 42.4 Å². The second kappa shape index (κ2) is 10.2. The van der Waals surface area contributed by atoms with E-state index in [1.807, 2.05) is 12.4 Å². The van der Waals surface area contributed by atoms with Gasteiger partial charge in [-0.1, -0.05) is 29.8 Å². The van der Waals surface area contributed by atoms with Crippen molar-refractivity contribution in [2.75, 3.05) is 26.2 Å². The van der Waals surface area contributed by atoms with E-state index in [1.54, 1.807) is 0 Å². The van der Waals surface area contributed by atoms with Crippen LogP contribution in [0.15, 0.2) is 48.8 Å². The molecule has 0 radical (unpaired) electrons. The zero-order valence-electron chi connectivity index (χ0n) is 18.1. The molecule has 2 aliphatic rings. The van der Waals surface area contributed by atoms with Gasteiger partial charge in [0.25, 0.3) is 0 Å². The number of carbonyl (C=O) groups excluding carboxylic acids is 1. The standard InChI is InChI=1S/C25H34N4O/c1-20-4-6-21(7-5-20)17-27-25(30)23-3-2-14-29(19-23)24-10-15-28(16-11-24)18-22-8-12-26-13-9-22/h4-9,12-13,23-24H,2-3,10-11,14-19H2,1H3,(H,27,30). The van der Waals surface area contributed by atoms with Crippen LogP contribution in [-0.4, -0.2) is 52.9 Å². The molecule has 3 heterocycles. The first-order valence-electron chi connectivity index (χ1n) is 11.4. The number of nitrogens with zero attached hydrogens (tertiary/aromatic N) is 3. The number of benzene rings is 1. The van der Waals surface area contributed by atoms with Crippen LogP contribution in [-0.2, 0) is 17.9 Å². The molecule has 5 heteroatoms. The summed E-state index contributed by atoms with van der Waals surface area (Å²) in [5.41, 5.74) is 3.76. The topological polar surface area (TPSA) is 48.5 Å². The van der Waals surface area contributed by atoms with Gasteiger partial charge in [0.05, 0.1) is 5.92 Å². The minimum absolute atomic E-state index is 0.124. The fourth-order valence-corrected chi connectivity index (χ4v) is 4.78. The zero-order chi connectivity index (χ0) is 20.8. The van der Waals surface area contributed by atoms with Crippen molar-refractivity contribution in [3.63, 3.8) is 0 Å². The van der Waals surface area contributed by atoms with Crippen LogP contribution in [0.4, 0.5) is 0 Å². The predicted molar refractivity (Wildman–Crippen MR) is 120 cm³/mol. The fourth-order valence-electron chi connectivity index (χ4n) is 4.78. The molecule has 2 saturated heterocycles. The summed E-state index contributed by atoms with van der Waals surface area (Å²) in [6.45, 7) is 8.04. The van der Waals surface area contributed by atoms with Crippen molar-refractivity contribution >= 4 is 5.91 Å². The van der Waals surface area contributed by atoms with E-state index in [0.29, 0.717) is 12.6 Å². The highest BCUT2D eigenvalue weighted by Crippen LogP contribution is 2.24. The minimum atomic E-state index is 0.124. The van der Waals surface area contributed by atoms with Gasteiger partial charge < -0.3 is 5.32 Å². The molecule has 1 aromatic carbocycles. The second-order valence-corrected chi connectivity index (χ2v) is 8.90. The van der Waals surface area contributed by atoms with E-state index in [0.717, 1.165) is 45.6 Å². The Labute approximate surface area is 180 Å². The molecule has 2 fully saturated rings. The van der Waals surface area contributed by atoms with Gasteiger partial charge >= 0.3 is 0 Å². The number of pyridine rings is 1. The molecule has 2 aliphatic heterocycles. The molecular formula is C25H34N4O. The van der Waals surface area contributed by atoms with Crippen LogP contribution in [0.2, 0.25) is 0 Å². The van der Waals surface area contributed by atoms with E-state index in [9.17, 15) is 4.79 Å². The molecule has 30 heavy (non-hydrogen) atoms. The number of nitrogens with one attached hydrogen (secondary N) is 1. The van der Waals surface area contributed by atoms with Crippen molar-refractivity contribution in [3.8, 4) is 0 Å². The van der Waals surface area contributed by atoms with Crippen LogP contribution in [0.25, 0.3) is 0 Å². The Bertz CT molecular complexity index is 800. The number of hydrogen-bond donors (Lipinski definition) is 1. The van der Waals surface area contributed by atoms with Gasteiger partial charge in [0.1, 0.15) is 0 Å². The summed E-state index contributed by atoms with van der Waals surface area (Å²) in [5.74, 6) is 0.342. The lowest BCUT2D eigenvalue weighted by Crippen LogP contribution is -2.50. The minimum Gasteiger partial charge on any atom is -0.352 e. The lowest BCUT2D eigenvalue weighted by molar-refractivity contribution is -0.127. The summed E-state index contributed by atoms with van der Waals surface area (Å²) in [6.07, 6.45) is 8.28. The maximum Gasteiger partial charge on any atom is 0.224 e. The molecule has 1 atom stereocenters. The molecule has 1 aromatic heterocycles. The summed E-state index contributed by atoms with van der Waals surface area (Å²) in [7, 11) is 0. The zero-order valence-corrected chi connectivity index (χ0v) is 18.1. The maximum absolute atomic E-state index is 12.8. The Morgan fingerprint density at radius 2 is 1.73 bits per heavy atom. The molecule has 160 valence electrons. The molecular weight excluding hydrogens is 372 g/mol. The van der Waals surface area contributed by atoms with E-state index in [-0.39, 0.29) is 11.8 Å². The van der Waals surface area contributed by atoms with Gasteiger partial charge in [-0.25, -0.2) is 0 Å². The number of piperidine rings is 2. The van der Waals surface area contributed by atoms with Crippen molar-refractivity contribution in [3.05, 3.63) is 65.5 Å². The third-order valence-corrected chi connectivity index (χ3v) is 6.64. The SMILES string of the molecule is Cc1ccc(CNC(=O)C2CCCN(C3CCN(Cc4ccncc4)CC3)C2)cc1. The Morgan fingerprint density at radius 1 is 1.00 bits per heavy atom. The summed E-state index contributed by atoms with van der Waals surface area (Å²) in [5, 5.41) is 3.17. The predicted octanol–water partition coefficient (Wildman–Crippen LogP) is 3.38. The van der Waals surface area contributed by atoms with Crippen LogP contribution in [0, 0.1) is 12.8 Å². The first-order valence-corrected chi connectivity index (χ1v) is 11.4. The van der Waals surface area contributed by atoms with Crippen molar-refractivity contribution in [2.24, 2.45) is 5.92 Å². The summed E-state index contributed by atoms with van der Waals surface area (Å²) >= 11 is 0. The molecule has 0 aliphatic carbocycles. The number of carbonyl (C=O) groups is 1. The van der Waals surface area contributed by atoms with Crippen LogP contribution in [0.5, 0.6) is 0 Å². The van der Waals surface area contributed by atoms with Gasteiger partial charge in [-0.3, -0.25) is 19.6 Å². The first-order chi connectivity index (χ1) is 14.7. The summed E-state index contributed by atoms with van der Waals surface area (Å²) in [6, 6.07) is 13.2. The fraction of sp³-hybridized carbons (Fsp3) is 0.520. The Hall–Kier alpha value is -2.24. The molecule has 1 N–H and O–H groups in total. The molecule has 4 rings (SSSR count). The van der Waals surface area contributed by atoms with Crippen LogP contribution < -0.4 is 5.32 Å². The normalized spacial score (nSPS) is 21.4. The number of amides is 1. The average molecular weight is 407 g/mol. The van der Waals surface area contributed by atoms with Gasteiger partial charge in [0.15, 0.2) is 0 Å². The second-order valence-electron chi connectivity index (χ2n) is 8.90. The Balaban J connectivity index is 1.23. The molecule has 5 nitrogen and oxygen atoms in total. The van der Waals surface area contributed by atoms with E-state index in [4.69, 9.17) is 0 Å². The molecule has 1 amide bonds. The smallest absolute Gasteiger partial charge is 0.224 e. The highest BCUT2D eigenvalue weighted by Gasteiger charge is 2.31. The lowest BCUT2D eigenvalue weighted by atomic mass is 9.93. The number of aryl methyl sites for hydroxylation is 1. The average Bonchev–Trinajstić information content (AvgIpc) is 2.80. The van der Waals surface area contributed by atoms with E-state index in [1.165, 1.54) is 29.5 Å². The first kappa shape index (κ1) is 21.0. The Kier molecular flexibility index (Phi) is 7.13. The molecule has 0 bridgehead atoms.